The zero-order chi connectivity index (χ0) is 28.1. The summed E-state index contributed by atoms with van der Waals surface area (Å²) < 4.78 is 128. The molecule has 0 N–H and O–H groups in total. The summed E-state index contributed by atoms with van der Waals surface area (Å²) in [6, 6.07) is 12.3. The van der Waals surface area contributed by atoms with E-state index in [2.05, 4.69) is 0 Å². The molecule has 0 radical (unpaired) electrons. The van der Waals surface area contributed by atoms with Crippen molar-refractivity contribution in [3.8, 4) is 33.4 Å². The maximum Gasteiger partial charge on any atom is 0.200 e. The summed E-state index contributed by atoms with van der Waals surface area (Å²) >= 11 is 1.63. The molecule has 4 rings (SSSR count). The number of halogens is 9. The molecule has 4 aromatic rings. The van der Waals surface area contributed by atoms with Crippen molar-refractivity contribution in [1.29, 1.82) is 0 Å². The van der Waals surface area contributed by atoms with Crippen LogP contribution in [0.3, 0.4) is 0 Å². The Kier molecular flexibility index (Phi) is 7.31. The van der Waals surface area contributed by atoms with E-state index in [-0.39, 0.29) is 4.75 Å². The van der Waals surface area contributed by atoms with Gasteiger partial charge < -0.3 is 0 Å². The van der Waals surface area contributed by atoms with Crippen LogP contribution in [0.4, 0.5) is 39.5 Å². The molecule has 0 spiro atoms. The largest absolute Gasteiger partial charge is 0.203 e. The van der Waals surface area contributed by atoms with Gasteiger partial charge in [-0.15, -0.1) is 11.8 Å². The third kappa shape index (κ3) is 4.89. The Morgan fingerprint density at radius 2 is 0.711 bits per heavy atom. The van der Waals surface area contributed by atoms with Gasteiger partial charge in [0, 0.05) is 20.8 Å². The summed E-state index contributed by atoms with van der Waals surface area (Å²) in [7, 11) is 0. The van der Waals surface area contributed by atoms with E-state index >= 15 is 0 Å². The van der Waals surface area contributed by atoms with E-state index < -0.39 is 74.6 Å². The zero-order valence-electron chi connectivity index (χ0n) is 19.9. The first kappa shape index (κ1) is 27.6. The molecule has 0 saturated heterocycles. The van der Waals surface area contributed by atoms with E-state index in [4.69, 9.17) is 0 Å². The molecule has 0 aliphatic rings. The molecule has 0 saturated carbocycles. The van der Waals surface area contributed by atoms with Crippen LogP contribution in [0.15, 0.2) is 53.4 Å². The van der Waals surface area contributed by atoms with Gasteiger partial charge in [-0.3, -0.25) is 0 Å². The van der Waals surface area contributed by atoms with Gasteiger partial charge in [-0.05, 0) is 28.8 Å². The lowest BCUT2D eigenvalue weighted by Gasteiger charge is -2.18. The quantitative estimate of drug-likeness (QED) is 0.104. The minimum absolute atomic E-state index is 0.0278. The molecule has 0 amide bonds. The average Bonchev–Trinajstić information content (AvgIpc) is 2.88. The lowest BCUT2D eigenvalue weighted by atomic mass is 9.91. The van der Waals surface area contributed by atoms with Gasteiger partial charge in [-0.2, -0.15) is 0 Å². The minimum Gasteiger partial charge on any atom is -0.203 e. The third-order valence-corrected chi connectivity index (χ3v) is 6.63. The van der Waals surface area contributed by atoms with Crippen molar-refractivity contribution in [1.82, 2.24) is 0 Å². The SMILES string of the molecule is CC(C)(C)Sc1ccc(-c2ccc(-c3c(F)c(F)c(F)c(F)c3-c3c(F)c(F)c(F)c(F)c3F)cc2)cc1. The molecule has 10 heteroatoms. The van der Waals surface area contributed by atoms with E-state index in [1.807, 2.05) is 32.9 Å². The first-order valence-corrected chi connectivity index (χ1v) is 11.8. The van der Waals surface area contributed by atoms with Crippen LogP contribution in [0.5, 0.6) is 0 Å². The number of thioether (sulfide) groups is 1. The Balaban J connectivity index is 1.88. The molecule has 0 atom stereocenters. The highest BCUT2D eigenvalue weighted by atomic mass is 32.2. The van der Waals surface area contributed by atoms with Gasteiger partial charge in [0.25, 0.3) is 0 Å². The van der Waals surface area contributed by atoms with Crippen molar-refractivity contribution in [3.05, 3.63) is 101 Å². The minimum atomic E-state index is -2.55. The molecule has 0 fully saturated rings. The van der Waals surface area contributed by atoms with Crippen molar-refractivity contribution in [2.75, 3.05) is 0 Å². The van der Waals surface area contributed by atoms with E-state index in [0.29, 0.717) is 11.1 Å². The molecule has 38 heavy (non-hydrogen) atoms. The smallest absolute Gasteiger partial charge is 0.200 e. The summed E-state index contributed by atoms with van der Waals surface area (Å²) in [5, 5.41) is 0. The highest BCUT2D eigenvalue weighted by molar-refractivity contribution is 8.00. The Hall–Kier alpha value is -3.40. The first-order chi connectivity index (χ1) is 17.7. The van der Waals surface area contributed by atoms with Crippen LogP contribution in [0.25, 0.3) is 33.4 Å². The molecule has 0 aliphatic heterocycles. The zero-order valence-corrected chi connectivity index (χ0v) is 20.7. The van der Waals surface area contributed by atoms with Gasteiger partial charge in [-0.1, -0.05) is 57.2 Å². The first-order valence-electron chi connectivity index (χ1n) is 11.0. The molecule has 4 aromatic carbocycles. The number of benzene rings is 4. The highest BCUT2D eigenvalue weighted by Crippen LogP contribution is 2.43. The van der Waals surface area contributed by atoms with Crippen LogP contribution in [0, 0.1) is 52.4 Å². The fraction of sp³-hybridized carbons (Fsp3) is 0.143. The van der Waals surface area contributed by atoms with Gasteiger partial charge in [-0.25, -0.2) is 39.5 Å². The highest BCUT2D eigenvalue weighted by Gasteiger charge is 2.34. The van der Waals surface area contributed by atoms with Crippen molar-refractivity contribution in [2.24, 2.45) is 0 Å². The van der Waals surface area contributed by atoms with E-state index in [1.165, 1.54) is 12.1 Å². The maximum atomic E-state index is 14.9. The summed E-state index contributed by atoms with van der Waals surface area (Å²) in [4.78, 5) is 0.990. The summed E-state index contributed by atoms with van der Waals surface area (Å²) in [5.41, 5.74) is -3.93. The molecular formula is C28H17F9S. The van der Waals surface area contributed by atoms with Gasteiger partial charge in [0.2, 0.25) is 5.82 Å². The summed E-state index contributed by atoms with van der Waals surface area (Å²) in [6.45, 7) is 6.14. The second-order valence-electron chi connectivity index (χ2n) is 9.27. The number of hydrogen-bond donors (Lipinski definition) is 0. The second kappa shape index (κ2) is 10.1. The van der Waals surface area contributed by atoms with E-state index in [1.54, 1.807) is 23.9 Å². The normalized spacial score (nSPS) is 11.8. The predicted octanol–water partition coefficient (Wildman–Crippen LogP) is 9.83. The monoisotopic (exact) mass is 556 g/mol. The molecule has 0 bridgehead atoms. The number of hydrogen-bond acceptors (Lipinski definition) is 1. The fourth-order valence-electron chi connectivity index (χ4n) is 3.86. The van der Waals surface area contributed by atoms with Crippen LogP contribution in [-0.2, 0) is 0 Å². The Morgan fingerprint density at radius 1 is 0.395 bits per heavy atom. The average molecular weight is 556 g/mol. The maximum absolute atomic E-state index is 14.9. The van der Waals surface area contributed by atoms with Gasteiger partial charge in [0.05, 0.1) is 5.56 Å². The van der Waals surface area contributed by atoms with Crippen LogP contribution in [0.2, 0.25) is 0 Å². The summed E-state index contributed by atoms with van der Waals surface area (Å²) in [5.74, 6) is -21.7. The lowest BCUT2D eigenvalue weighted by Crippen LogP contribution is -2.09. The molecular weight excluding hydrogens is 539 g/mol. The number of rotatable bonds is 4. The van der Waals surface area contributed by atoms with Crippen LogP contribution >= 0.6 is 11.8 Å². The van der Waals surface area contributed by atoms with Crippen molar-refractivity contribution in [2.45, 2.75) is 30.4 Å². The Morgan fingerprint density at radius 3 is 1.13 bits per heavy atom. The van der Waals surface area contributed by atoms with Crippen LogP contribution in [-0.4, -0.2) is 4.75 Å². The summed E-state index contributed by atoms with van der Waals surface area (Å²) in [6.07, 6.45) is 0. The van der Waals surface area contributed by atoms with Gasteiger partial charge in [0.15, 0.2) is 46.5 Å². The van der Waals surface area contributed by atoms with E-state index in [0.717, 1.165) is 17.0 Å². The van der Waals surface area contributed by atoms with E-state index in [9.17, 15) is 39.5 Å². The molecule has 0 aromatic heterocycles. The fourth-order valence-corrected chi connectivity index (χ4v) is 4.84. The molecule has 0 heterocycles. The second-order valence-corrected chi connectivity index (χ2v) is 11.2. The van der Waals surface area contributed by atoms with Crippen LogP contribution in [0.1, 0.15) is 20.8 Å². The Labute approximate surface area is 216 Å². The van der Waals surface area contributed by atoms with Gasteiger partial charge in [0.1, 0.15) is 0 Å². The molecule has 198 valence electrons. The van der Waals surface area contributed by atoms with Crippen molar-refractivity contribution in [3.63, 3.8) is 0 Å². The predicted molar refractivity (Wildman–Crippen MR) is 128 cm³/mol. The molecule has 0 nitrogen and oxygen atoms in total. The Bertz CT molecular complexity index is 1510. The van der Waals surface area contributed by atoms with Crippen LogP contribution < -0.4 is 0 Å². The standard InChI is InChI=1S/C28H17F9S/c1-28(2,3)38-15-10-8-13(9-11-15)12-4-6-14(7-5-12)16-17(20(30)24(34)23(33)19(16)29)18-21(31)25(35)27(37)26(36)22(18)32/h4-11H,1-3H3. The third-order valence-electron chi connectivity index (χ3n) is 5.51. The van der Waals surface area contributed by atoms with Crippen molar-refractivity contribution < 1.29 is 39.5 Å². The topological polar surface area (TPSA) is 0 Å². The van der Waals surface area contributed by atoms with Gasteiger partial charge >= 0.3 is 0 Å². The van der Waals surface area contributed by atoms with Crippen molar-refractivity contribution >= 4 is 11.8 Å². The molecule has 0 unspecified atom stereocenters. The lowest BCUT2D eigenvalue weighted by molar-refractivity contribution is 0.379. The molecule has 0 aliphatic carbocycles.